The number of hydrogen-bond acceptors (Lipinski definition) is 3. The van der Waals surface area contributed by atoms with Crippen LogP contribution in [0.2, 0.25) is 0 Å². The SMILES string of the molecule is O.OC1COCC1O. The summed E-state index contributed by atoms with van der Waals surface area (Å²) in [7, 11) is 0. The topological polar surface area (TPSA) is 81.2 Å². The Kier molecular flexibility index (Phi) is 2.93. The van der Waals surface area contributed by atoms with Gasteiger partial charge in [-0.2, -0.15) is 0 Å². The lowest BCUT2D eigenvalue weighted by Gasteiger charge is -2.00. The molecule has 8 heavy (non-hydrogen) atoms. The third-order valence-corrected chi connectivity index (χ3v) is 1.02. The predicted octanol–water partition coefficient (Wildman–Crippen LogP) is -2.09. The fourth-order valence-electron chi connectivity index (χ4n) is 0.532. The molecule has 0 amide bonds. The Morgan fingerprint density at radius 2 is 1.50 bits per heavy atom. The second-order valence-corrected chi connectivity index (χ2v) is 1.67. The van der Waals surface area contributed by atoms with Crippen LogP contribution < -0.4 is 0 Å². The van der Waals surface area contributed by atoms with Crippen LogP contribution in [0, 0.1) is 0 Å². The predicted molar refractivity (Wildman–Crippen MR) is 26.4 cm³/mol. The van der Waals surface area contributed by atoms with Crippen LogP contribution in [0.25, 0.3) is 0 Å². The maximum atomic E-state index is 8.62. The summed E-state index contributed by atoms with van der Waals surface area (Å²) in [6, 6.07) is 0. The first-order valence-corrected chi connectivity index (χ1v) is 2.24. The summed E-state index contributed by atoms with van der Waals surface area (Å²) >= 11 is 0. The Hall–Kier alpha value is -0.160. The third-order valence-electron chi connectivity index (χ3n) is 1.02. The van der Waals surface area contributed by atoms with Crippen molar-refractivity contribution < 1.29 is 20.4 Å². The molecule has 0 radical (unpaired) electrons. The van der Waals surface area contributed by atoms with E-state index in [1.165, 1.54) is 0 Å². The highest BCUT2D eigenvalue weighted by Crippen LogP contribution is 2.02. The molecule has 0 aromatic carbocycles. The van der Waals surface area contributed by atoms with Crippen molar-refractivity contribution in [2.45, 2.75) is 12.2 Å². The van der Waals surface area contributed by atoms with Crippen molar-refractivity contribution in [2.24, 2.45) is 0 Å². The molecule has 0 bridgehead atoms. The van der Waals surface area contributed by atoms with Gasteiger partial charge in [-0.25, -0.2) is 0 Å². The van der Waals surface area contributed by atoms with E-state index >= 15 is 0 Å². The normalized spacial score (nSPS) is 36.8. The minimum Gasteiger partial charge on any atom is -0.412 e. The molecule has 4 N–H and O–H groups in total. The van der Waals surface area contributed by atoms with Gasteiger partial charge in [-0.05, 0) is 0 Å². The molecule has 2 atom stereocenters. The van der Waals surface area contributed by atoms with Gasteiger partial charge in [-0.1, -0.05) is 0 Å². The molecule has 0 aliphatic carbocycles. The summed E-state index contributed by atoms with van der Waals surface area (Å²) in [6.07, 6.45) is -1.31. The summed E-state index contributed by atoms with van der Waals surface area (Å²) < 4.78 is 4.67. The first-order valence-electron chi connectivity index (χ1n) is 2.24. The van der Waals surface area contributed by atoms with Gasteiger partial charge in [0.1, 0.15) is 12.2 Å². The second kappa shape index (κ2) is 2.99. The molecule has 2 unspecified atom stereocenters. The number of hydrogen-bond donors (Lipinski definition) is 2. The van der Waals surface area contributed by atoms with Crippen LogP contribution in [0.3, 0.4) is 0 Å². The molecule has 1 heterocycles. The number of aliphatic hydroxyl groups excluding tert-OH is 2. The fraction of sp³-hybridized carbons (Fsp3) is 1.00. The maximum absolute atomic E-state index is 8.62. The summed E-state index contributed by atoms with van der Waals surface area (Å²) in [6.45, 7) is 0.558. The van der Waals surface area contributed by atoms with Crippen molar-refractivity contribution in [3.05, 3.63) is 0 Å². The van der Waals surface area contributed by atoms with Gasteiger partial charge in [0.2, 0.25) is 0 Å². The van der Waals surface area contributed by atoms with Crippen molar-refractivity contribution in [1.82, 2.24) is 0 Å². The minimum atomic E-state index is -0.653. The third kappa shape index (κ3) is 1.41. The smallest absolute Gasteiger partial charge is 0.105 e. The van der Waals surface area contributed by atoms with E-state index in [1.54, 1.807) is 0 Å². The molecular weight excluding hydrogens is 112 g/mol. The first kappa shape index (κ1) is 7.84. The Labute approximate surface area is 47.0 Å². The van der Waals surface area contributed by atoms with Gasteiger partial charge in [-0.3, -0.25) is 0 Å². The number of aliphatic hydroxyl groups is 2. The Morgan fingerprint density at radius 1 is 1.12 bits per heavy atom. The average molecular weight is 122 g/mol. The highest BCUT2D eigenvalue weighted by molar-refractivity contribution is 4.71. The molecule has 1 fully saturated rings. The zero-order valence-electron chi connectivity index (χ0n) is 4.37. The van der Waals surface area contributed by atoms with Crippen LogP contribution >= 0.6 is 0 Å². The molecule has 1 aliphatic heterocycles. The van der Waals surface area contributed by atoms with Crippen LogP contribution in [0.5, 0.6) is 0 Å². The minimum absolute atomic E-state index is 0. The lowest BCUT2D eigenvalue weighted by atomic mass is 10.3. The highest BCUT2D eigenvalue weighted by atomic mass is 16.5. The summed E-state index contributed by atoms with van der Waals surface area (Å²) in [4.78, 5) is 0. The monoisotopic (exact) mass is 122 g/mol. The van der Waals surface area contributed by atoms with Crippen molar-refractivity contribution in [3.8, 4) is 0 Å². The molecule has 4 nitrogen and oxygen atoms in total. The van der Waals surface area contributed by atoms with Gasteiger partial charge in [0.25, 0.3) is 0 Å². The van der Waals surface area contributed by atoms with E-state index < -0.39 is 12.2 Å². The lowest BCUT2D eigenvalue weighted by molar-refractivity contribution is 0.0572. The molecule has 0 aromatic heterocycles. The van der Waals surface area contributed by atoms with Gasteiger partial charge in [-0.15, -0.1) is 0 Å². The summed E-state index contributed by atoms with van der Waals surface area (Å²) in [5.41, 5.74) is 0. The number of rotatable bonds is 0. The lowest BCUT2D eigenvalue weighted by Crippen LogP contribution is -2.22. The molecule has 0 saturated carbocycles. The van der Waals surface area contributed by atoms with E-state index in [0.29, 0.717) is 0 Å². The van der Waals surface area contributed by atoms with E-state index in [9.17, 15) is 0 Å². The maximum Gasteiger partial charge on any atom is 0.105 e. The Bertz CT molecular complexity index is 57.1. The van der Waals surface area contributed by atoms with Crippen molar-refractivity contribution in [1.29, 1.82) is 0 Å². The molecule has 0 aromatic rings. The van der Waals surface area contributed by atoms with Crippen LogP contribution in [-0.4, -0.2) is 41.1 Å². The molecule has 1 saturated heterocycles. The number of ether oxygens (including phenoxy) is 1. The highest BCUT2D eigenvalue weighted by Gasteiger charge is 2.22. The Morgan fingerprint density at radius 3 is 1.62 bits per heavy atom. The van der Waals surface area contributed by atoms with Gasteiger partial charge in [0.05, 0.1) is 13.2 Å². The summed E-state index contributed by atoms with van der Waals surface area (Å²) in [5.74, 6) is 0. The van der Waals surface area contributed by atoms with E-state index in [-0.39, 0.29) is 18.7 Å². The van der Waals surface area contributed by atoms with Crippen molar-refractivity contribution >= 4 is 0 Å². The van der Waals surface area contributed by atoms with E-state index in [2.05, 4.69) is 4.74 Å². The fourth-order valence-corrected chi connectivity index (χ4v) is 0.532. The molecule has 0 spiro atoms. The van der Waals surface area contributed by atoms with Crippen LogP contribution in [0.15, 0.2) is 0 Å². The average Bonchev–Trinajstić information content (AvgIpc) is 1.91. The van der Waals surface area contributed by atoms with Crippen LogP contribution in [0.4, 0.5) is 0 Å². The molecule has 4 heteroatoms. The van der Waals surface area contributed by atoms with E-state index in [4.69, 9.17) is 10.2 Å². The van der Waals surface area contributed by atoms with E-state index in [0.717, 1.165) is 0 Å². The molecule has 1 rings (SSSR count). The molecule has 50 valence electrons. The first-order chi connectivity index (χ1) is 3.30. The van der Waals surface area contributed by atoms with Gasteiger partial charge >= 0.3 is 0 Å². The van der Waals surface area contributed by atoms with Crippen LogP contribution in [0.1, 0.15) is 0 Å². The van der Waals surface area contributed by atoms with Crippen molar-refractivity contribution in [3.63, 3.8) is 0 Å². The summed E-state index contributed by atoms with van der Waals surface area (Å²) in [5, 5.41) is 17.2. The second-order valence-electron chi connectivity index (χ2n) is 1.67. The quantitative estimate of drug-likeness (QED) is 0.386. The zero-order chi connectivity index (χ0) is 5.28. The van der Waals surface area contributed by atoms with E-state index in [1.807, 2.05) is 0 Å². The van der Waals surface area contributed by atoms with Gasteiger partial charge in [0.15, 0.2) is 0 Å². The van der Waals surface area contributed by atoms with Gasteiger partial charge in [0, 0.05) is 0 Å². The standard InChI is InChI=1S/C4H8O3.H2O/c5-3-1-7-2-4(3)6;/h3-6H,1-2H2;1H2. The Balaban J connectivity index is 0.000000490. The molecular formula is C4H10O4. The van der Waals surface area contributed by atoms with Gasteiger partial charge < -0.3 is 20.4 Å². The van der Waals surface area contributed by atoms with Crippen molar-refractivity contribution in [2.75, 3.05) is 13.2 Å². The zero-order valence-corrected chi connectivity index (χ0v) is 4.37. The van der Waals surface area contributed by atoms with Crippen LogP contribution in [-0.2, 0) is 4.74 Å². The largest absolute Gasteiger partial charge is 0.412 e. The molecule has 1 aliphatic rings.